The average molecular weight is 333 g/mol. The monoisotopic (exact) mass is 332 g/mol. The number of benzene rings is 2. The van der Waals surface area contributed by atoms with Crippen molar-refractivity contribution in [2.45, 2.75) is 11.5 Å². The summed E-state index contributed by atoms with van der Waals surface area (Å²) in [5, 5.41) is 4.66. The molecule has 0 spiro atoms. The number of hydrogen-bond donors (Lipinski definition) is 0. The lowest BCUT2D eigenvalue weighted by Gasteiger charge is -2.10. The van der Waals surface area contributed by atoms with Gasteiger partial charge < -0.3 is 0 Å². The van der Waals surface area contributed by atoms with Gasteiger partial charge >= 0.3 is 0 Å². The molecule has 0 N–H and O–H groups in total. The fraction of sp³-hybridized carbons (Fsp3) is 0.188. The fourth-order valence-corrected chi connectivity index (χ4v) is 4.77. The topological polar surface area (TPSA) is 15.6 Å². The quantitative estimate of drug-likeness (QED) is 0.712. The molecule has 0 bridgehead atoms. The summed E-state index contributed by atoms with van der Waals surface area (Å²) in [6.45, 7) is 0. The molecule has 0 aromatic heterocycles. The van der Waals surface area contributed by atoms with Gasteiger partial charge in [0.25, 0.3) is 0 Å². The molecule has 0 fully saturated rings. The summed E-state index contributed by atoms with van der Waals surface area (Å²) in [6.07, 6.45) is 0. The third kappa shape index (κ3) is 4.73. The van der Waals surface area contributed by atoms with Gasteiger partial charge in [0.2, 0.25) is 0 Å². The van der Waals surface area contributed by atoms with Crippen LogP contribution in [0.1, 0.15) is 11.1 Å². The molecule has 0 unspecified atom stereocenters. The molecule has 1 heterocycles. The van der Waals surface area contributed by atoms with E-state index in [2.05, 4.69) is 70.2 Å². The highest BCUT2D eigenvalue weighted by molar-refractivity contribution is 8.38. The zero-order valence-corrected chi connectivity index (χ0v) is 14.0. The Labute approximate surface area is 138 Å². The fourth-order valence-electron chi connectivity index (χ4n) is 1.84. The second kappa shape index (κ2) is 7.82. The Hall–Kier alpha value is -1.04. The standard InChI is InChI=1S/C16H16N2S3/c1-3-7-14(8-4-1)11-19-16-17-18(13-20-16)21-12-15-9-5-2-6-10-15/h1-10H,11-13H2. The van der Waals surface area contributed by atoms with Gasteiger partial charge in [0.1, 0.15) is 5.88 Å². The number of hydrazone groups is 1. The Kier molecular flexibility index (Phi) is 5.54. The summed E-state index contributed by atoms with van der Waals surface area (Å²) in [6, 6.07) is 21.1. The first-order valence-corrected chi connectivity index (χ1v) is 9.64. The van der Waals surface area contributed by atoms with Crippen molar-refractivity contribution in [3.05, 3.63) is 71.8 Å². The molecule has 2 nitrogen and oxygen atoms in total. The first kappa shape index (κ1) is 14.9. The predicted molar refractivity (Wildman–Crippen MR) is 97.2 cm³/mol. The predicted octanol–water partition coefficient (Wildman–Crippen LogP) is 5.05. The van der Waals surface area contributed by atoms with Crippen molar-refractivity contribution >= 4 is 39.8 Å². The molecule has 0 radical (unpaired) electrons. The van der Waals surface area contributed by atoms with E-state index in [0.717, 1.165) is 17.4 Å². The molecule has 1 aliphatic rings. The normalized spacial score (nSPS) is 14.3. The molecule has 1 aliphatic heterocycles. The molecule has 21 heavy (non-hydrogen) atoms. The minimum atomic E-state index is 0.939. The second-order valence-electron chi connectivity index (χ2n) is 4.52. The Morgan fingerprint density at radius 2 is 1.52 bits per heavy atom. The van der Waals surface area contributed by atoms with Crippen LogP contribution in [-0.2, 0) is 11.5 Å². The number of hydrogen-bond acceptors (Lipinski definition) is 5. The zero-order valence-electron chi connectivity index (χ0n) is 11.5. The summed E-state index contributed by atoms with van der Waals surface area (Å²) in [7, 11) is 0. The van der Waals surface area contributed by atoms with E-state index < -0.39 is 0 Å². The maximum atomic E-state index is 4.66. The first-order valence-electron chi connectivity index (χ1n) is 6.73. The summed E-state index contributed by atoms with van der Waals surface area (Å²) < 4.78 is 3.25. The lowest BCUT2D eigenvalue weighted by molar-refractivity contribution is 0.607. The minimum absolute atomic E-state index is 0.939. The minimum Gasteiger partial charge on any atom is -0.227 e. The van der Waals surface area contributed by atoms with Crippen LogP contribution in [0.25, 0.3) is 0 Å². The van der Waals surface area contributed by atoms with Gasteiger partial charge in [-0.05, 0) is 23.1 Å². The van der Waals surface area contributed by atoms with E-state index >= 15 is 0 Å². The summed E-state index contributed by atoms with van der Waals surface area (Å²) in [5.41, 5.74) is 2.69. The van der Waals surface area contributed by atoms with Crippen molar-refractivity contribution < 1.29 is 0 Å². The van der Waals surface area contributed by atoms with E-state index in [0.29, 0.717) is 0 Å². The summed E-state index contributed by atoms with van der Waals surface area (Å²) in [4.78, 5) is 0. The molecule has 0 saturated heterocycles. The van der Waals surface area contributed by atoms with Crippen LogP contribution in [0.15, 0.2) is 65.8 Å². The molecule has 2 aromatic carbocycles. The highest BCUT2D eigenvalue weighted by atomic mass is 32.2. The Bertz CT molecular complexity index is 587. The third-order valence-corrected chi connectivity index (χ3v) is 6.27. The molecular weight excluding hydrogens is 316 g/mol. The van der Waals surface area contributed by atoms with E-state index in [1.807, 2.05) is 23.5 Å². The molecule has 0 atom stereocenters. The van der Waals surface area contributed by atoms with Crippen LogP contribution in [0.5, 0.6) is 0 Å². The SMILES string of the molecule is c1ccc(CSC2=NN(SCc3ccccc3)CS2)cc1. The van der Waals surface area contributed by atoms with Crippen molar-refractivity contribution in [3.8, 4) is 0 Å². The van der Waals surface area contributed by atoms with Crippen molar-refractivity contribution in [2.24, 2.45) is 5.10 Å². The Morgan fingerprint density at radius 1 is 0.905 bits per heavy atom. The van der Waals surface area contributed by atoms with Crippen LogP contribution < -0.4 is 0 Å². The van der Waals surface area contributed by atoms with E-state index in [1.165, 1.54) is 15.5 Å². The van der Waals surface area contributed by atoms with Gasteiger partial charge in [-0.15, -0.1) is 0 Å². The zero-order chi connectivity index (χ0) is 14.3. The van der Waals surface area contributed by atoms with Crippen molar-refractivity contribution in [1.82, 2.24) is 4.41 Å². The largest absolute Gasteiger partial charge is 0.227 e. The highest BCUT2D eigenvalue weighted by Gasteiger charge is 2.16. The molecule has 0 amide bonds. The molecular formula is C16H16N2S3. The van der Waals surface area contributed by atoms with E-state index in [-0.39, 0.29) is 0 Å². The van der Waals surface area contributed by atoms with Gasteiger partial charge in [-0.2, -0.15) is 5.10 Å². The highest BCUT2D eigenvalue weighted by Crippen LogP contribution is 2.32. The molecule has 3 rings (SSSR count). The van der Waals surface area contributed by atoms with Crippen LogP contribution in [0.3, 0.4) is 0 Å². The van der Waals surface area contributed by atoms with Crippen molar-refractivity contribution in [3.63, 3.8) is 0 Å². The van der Waals surface area contributed by atoms with Crippen LogP contribution in [0.4, 0.5) is 0 Å². The maximum absolute atomic E-state index is 4.66. The summed E-state index contributed by atoms with van der Waals surface area (Å²) >= 11 is 5.42. The molecule has 5 heteroatoms. The summed E-state index contributed by atoms with van der Waals surface area (Å²) in [5.74, 6) is 2.90. The maximum Gasteiger partial charge on any atom is 0.153 e. The third-order valence-electron chi connectivity index (χ3n) is 2.92. The Balaban J connectivity index is 1.46. The average Bonchev–Trinajstić information content (AvgIpc) is 3.01. The van der Waals surface area contributed by atoms with Gasteiger partial charge in [0, 0.05) is 11.5 Å². The van der Waals surface area contributed by atoms with Crippen molar-refractivity contribution in [2.75, 3.05) is 5.88 Å². The van der Waals surface area contributed by atoms with Gasteiger partial charge in [-0.1, -0.05) is 84.2 Å². The smallest absolute Gasteiger partial charge is 0.153 e. The van der Waals surface area contributed by atoms with E-state index in [1.54, 1.807) is 11.9 Å². The van der Waals surface area contributed by atoms with Gasteiger partial charge in [0.15, 0.2) is 4.38 Å². The van der Waals surface area contributed by atoms with Crippen LogP contribution in [0, 0.1) is 0 Å². The van der Waals surface area contributed by atoms with Gasteiger partial charge in [0.05, 0.1) is 0 Å². The molecule has 2 aromatic rings. The first-order chi connectivity index (χ1) is 10.4. The second-order valence-corrected chi connectivity index (χ2v) is 7.65. The molecule has 0 saturated carbocycles. The van der Waals surface area contributed by atoms with E-state index in [4.69, 9.17) is 0 Å². The van der Waals surface area contributed by atoms with Crippen molar-refractivity contribution in [1.29, 1.82) is 0 Å². The van der Waals surface area contributed by atoms with Crippen LogP contribution >= 0.6 is 35.5 Å². The number of thioether (sulfide) groups is 2. The lowest BCUT2D eigenvalue weighted by atomic mass is 10.2. The molecule has 0 aliphatic carbocycles. The number of nitrogens with zero attached hydrogens (tertiary/aromatic N) is 2. The van der Waals surface area contributed by atoms with Gasteiger partial charge in [-0.25, -0.2) is 4.41 Å². The van der Waals surface area contributed by atoms with Crippen LogP contribution in [-0.4, -0.2) is 14.7 Å². The van der Waals surface area contributed by atoms with Gasteiger partial charge in [-0.3, -0.25) is 0 Å². The van der Waals surface area contributed by atoms with Crippen LogP contribution in [0.2, 0.25) is 0 Å². The lowest BCUT2D eigenvalue weighted by Crippen LogP contribution is -2.01. The molecule has 108 valence electrons. The van der Waals surface area contributed by atoms with E-state index in [9.17, 15) is 0 Å². The number of rotatable bonds is 5. The Morgan fingerprint density at radius 3 is 2.19 bits per heavy atom.